The smallest absolute Gasteiger partial charge is 0.335 e. The summed E-state index contributed by atoms with van der Waals surface area (Å²) >= 11 is 0. The lowest BCUT2D eigenvalue weighted by atomic mass is 9.93. The number of hydrogen-bond acceptors (Lipinski definition) is 2. The van der Waals surface area contributed by atoms with Crippen molar-refractivity contribution in [3.63, 3.8) is 0 Å². The third-order valence-corrected chi connectivity index (χ3v) is 4.10. The number of rotatable bonds is 5. The van der Waals surface area contributed by atoms with Crippen molar-refractivity contribution >= 4 is 11.9 Å². The molecular weight excluding hydrogens is 266 g/mol. The van der Waals surface area contributed by atoms with Crippen LogP contribution in [0.25, 0.3) is 0 Å². The van der Waals surface area contributed by atoms with Gasteiger partial charge in [-0.15, -0.1) is 0 Å². The van der Waals surface area contributed by atoms with Gasteiger partial charge in [0.05, 0.1) is 12.0 Å². The van der Waals surface area contributed by atoms with Gasteiger partial charge in [0.2, 0.25) is 5.91 Å². The summed E-state index contributed by atoms with van der Waals surface area (Å²) in [5, 5.41) is 8.99. The molecule has 1 amide bonds. The molecule has 1 unspecified atom stereocenters. The second kappa shape index (κ2) is 7.25. The molecule has 1 heterocycles. The van der Waals surface area contributed by atoms with Crippen LogP contribution in [0.4, 0.5) is 0 Å². The first-order valence-corrected chi connectivity index (χ1v) is 7.70. The highest BCUT2D eigenvalue weighted by molar-refractivity contribution is 5.88. The van der Waals surface area contributed by atoms with Crippen molar-refractivity contribution in [1.29, 1.82) is 0 Å². The normalized spacial score (nSPS) is 18.5. The Labute approximate surface area is 125 Å². The van der Waals surface area contributed by atoms with Gasteiger partial charge in [0.25, 0.3) is 0 Å². The van der Waals surface area contributed by atoms with Crippen LogP contribution in [-0.2, 0) is 11.2 Å². The molecule has 1 aliphatic heterocycles. The molecule has 1 N–H and O–H groups in total. The number of carbonyl (C=O) groups excluding carboxylic acids is 1. The molecule has 1 aromatic carbocycles. The summed E-state index contributed by atoms with van der Waals surface area (Å²) in [5.41, 5.74) is 1.01. The van der Waals surface area contributed by atoms with Gasteiger partial charge < -0.3 is 10.0 Å². The summed E-state index contributed by atoms with van der Waals surface area (Å²) < 4.78 is 0. The summed E-state index contributed by atoms with van der Waals surface area (Å²) in [4.78, 5) is 25.3. The Morgan fingerprint density at radius 3 is 2.90 bits per heavy atom. The van der Waals surface area contributed by atoms with Crippen LogP contribution in [0.3, 0.4) is 0 Å². The number of benzene rings is 1. The third kappa shape index (κ3) is 4.31. The Morgan fingerprint density at radius 1 is 1.38 bits per heavy atom. The number of carbonyl (C=O) groups is 2. The van der Waals surface area contributed by atoms with Crippen molar-refractivity contribution < 1.29 is 14.7 Å². The molecule has 114 valence electrons. The zero-order chi connectivity index (χ0) is 15.2. The predicted octanol–water partition coefficient (Wildman–Crippen LogP) is 2.97. The molecule has 1 aromatic rings. The summed E-state index contributed by atoms with van der Waals surface area (Å²) in [6.45, 7) is 3.86. The monoisotopic (exact) mass is 289 g/mol. The van der Waals surface area contributed by atoms with E-state index in [0.717, 1.165) is 31.5 Å². The minimum Gasteiger partial charge on any atom is -0.478 e. The summed E-state index contributed by atoms with van der Waals surface area (Å²) in [7, 11) is 0. The van der Waals surface area contributed by atoms with Crippen molar-refractivity contribution in [2.75, 3.05) is 13.1 Å². The molecule has 1 atom stereocenters. The first-order valence-electron chi connectivity index (χ1n) is 7.70. The van der Waals surface area contributed by atoms with E-state index in [-0.39, 0.29) is 11.5 Å². The molecule has 1 fully saturated rings. The van der Waals surface area contributed by atoms with E-state index in [2.05, 4.69) is 6.92 Å². The highest BCUT2D eigenvalue weighted by atomic mass is 16.4. The zero-order valence-electron chi connectivity index (χ0n) is 12.5. The molecule has 1 saturated heterocycles. The number of amides is 1. The molecule has 0 spiro atoms. The number of carboxylic acids is 1. The van der Waals surface area contributed by atoms with E-state index in [9.17, 15) is 9.59 Å². The van der Waals surface area contributed by atoms with Crippen LogP contribution in [0, 0.1) is 5.92 Å². The fourth-order valence-corrected chi connectivity index (χ4v) is 3.04. The molecule has 21 heavy (non-hydrogen) atoms. The van der Waals surface area contributed by atoms with E-state index in [1.54, 1.807) is 18.2 Å². The van der Waals surface area contributed by atoms with Gasteiger partial charge in [-0.2, -0.15) is 0 Å². The molecule has 4 heteroatoms. The molecule has 0 radical (unpaired) electrons. The van der Waals surface area contributed by atoms with E-state index >= 15 is 0 Å². The highest BCUT2D eigenvalue weighted by Crippen LogP contribution is 2.21. The second-order valence-electron chi connectivity index (χ2n) is 5.82. The molecular formula is C17H23NO3. The fourth-order valence-electron chi connectivity index (χ4n) is 3.04. The lowest BCUT2D eigenvalue weighted by Crippen LogP contribution is -2.40. The van der Waals surface area contributed by atoms with Gasteiger partial charge in [0.15, 0.2) is 0 Å². The van der Waals surface area contributed by atoms with Crippen LogP contribution < -0.4 is 0 Å². The highest BCUT2D eigenvalue weighted by Gasteiger charge is 2.23. The molecule has 2 rings (SSSR count). The first kappa shape index (κ1) is 15.5. The number of piperidine rings is 1. The average Bonchev–Trinajstić information content (AvgIpc) is 2.48. The minimum absolute atomic E-state index is 0.110. The van der Waals surface area contributed by atoms with E-state index in [4.69, 9.17) is 5.11 Å². The van der Waals surface area contributed by atoms with Crippen molar-refractivity contribution in [2.24, 2.45) is 5.92 Å². The van der Waals surface area contributed by atoms with Crippen molar-refractivity contribution in [3.8, 4) is 0 Å². The number of carboxylic acid groups (broad SMARTS) is 1. The van der Waals surface area contributed by atoms with Crippen molar-refractivity contribution in [1.82, 2.24) is 4.90 Å². The second-order valence-corrected chi connectivity index (χ2v) is 5.82. The maximum absolute atomic E-state index is 12.4. The number of hydrogen-bond donors (Lipinski definition) is 1. The van der Waals surface area contributed by atoms with E-state index in [1.165, 1.54) is 12.8 Å². The minimum atomic E-state index is -0.953. The Kier molecular flexibility index (Phi) is 5.37. The lowest BCUT2D eigenvalue weighted by Gasteiger charge is -2.32. The third-order valence-electron chi connectivity index (χ3n) is 4.10. The summed E-state index contributed by atoms with van der Waals surface area (Å²) in [5.74, 6) is -0.221. The molecule has 0 aromatic heterocycles. The molecule has 4 nitrogen and oxygen atoms in total. The maximum atomic E-state index is 12.4. The van der Waals surface area contributed by atoms with Crippen LogP contribution in [0.15, 0.2) is 24.3 Å². The van der Waals surface area contributed by atoms with Gasteiger partial charge in [-0.05, 0) is 42.9 Å². The van der Waals surface area contributed by atoms with Crippen molar-refractivity contribution in [2.45, 2.75) is 39.0 Å². The Balaban J connectivity index is 1.97. The molecule has 0 aliphatic carbocycles. The molecule has 0 bridgehead atoms. The van der Waals surface area contributed by atoms with Crippen LogP contribution in [0.5, 0.6) is 0 Å². The molecule has 1 aliphatic rings. The van der Waals surface area contributed by atoms with Gasteiger partial charge in [0.1, 0.15) is 0 Å². The largest absolute Gasteiger partial charge is 0.478 e. The number of aromatic carboxylic acids is 1. The van der Waals surface area contributed by atoms with Crippen molar-refractivity contribution in [3.05, 3.63) is 35.4 Å². The lowest BCUT2D eigenvalue weighted by molar-refractivity contribution is -0.132. The maximum Gasteiger partial charge on any atom is 0.335 e. The van der Waals surface area contributed by atoms with Crippen LogP contribution >= 0.6 is 0 Å². The van der Waals surface area contributed by atoms with Crippen LogP contribution in [0.1, 0.15) is 48.5 Å². The quantitative estimate of drug-likeness (QED) is 0.906. The van der Waals surface area contributed by atoms with E-state index in [1.807, 2.05) is 11.0 Å². The van der Waals surface area contributed by atoms with Gasteiger partial charge >= 0.3 is 5.97 Å². The summed E-state index contributed by atoms with van der Waals surface area (Å²) in [6.07, 6.45) is 4.92. The Bertz CT molecular complexity index is 511. The standard InChI is InChI=1S/C17H23NO3/c1-2-5-13-7-4-9-18(12-13)16(19)11-14-6-3-8-15(10-14)17(20)21/h3,6,8,10,13H,2,4-5,7,9,11-12H2,1H3,(H,20,21). The number of nitrogens with zero attached hydrogens (tertiary/aromatic N) is 1. The van der Waals surface area contributed by atoms with Gasteiger partial charge in [-0.1, -0.05) is 25.5 Å². The first-order chi connectivity index (χ1) is 10.1. The van der Waals surface area contributed by atoms with Gasteiger partial charge in [0, 0.05) is 13.1 Å². The van der Waals surface area contributed by atoms with E-state index < -0.39 is 5.97 Å². The van der Waals surface area contributed by atoms with Gasteiger partial charge in [-0.25, -0.2) is 4.79 Å². The average molecular weight is 289 g/mol. The van der Waals surface area contributed by atoms with E-state index in [0.29, 0.717) is 12.3 Å². The topological polar surface area (TPSA) is 57.6 Å². The predicted molar refractivity (Wildman–Crippen MR) is 81.3 cm³/mol. The fraction of sp³-hybridized carbons (Fsp3) is 0.529. The summed E-state index contributed by atoms with van der Waals surface area (Å²) in [6, 6.07) is 6.65. The Morgan fingerprint density at radius 2 is 2.19 bits per heavy atom. The SMILES string of the molecule is CCCC1CCCN(C(=O)Cc2cccc(C(=O)O)c2)C1. The molecule has 0 saturated carbocycles. The zero-order valence-corrected chi connectivity index (χ0v) is 12.5. The number of likely N-dealkylation sites (tertiary alicyclic amines) is 1. The van der Waals surface area contributed by atoms with Crippen LogP contribution in [-0.4, -0.2) is 35.0 Å². The Hall–Kier alpha value is -1.84. The van der Waals surface area contributed by atoms with Crippen LogP contribution in [0.2, 0.25) is 0 Å². The van der Waals surface area contributed by atoms with Gasteiger partial charge in [-0.3, -0.25) is 4.79 Å².